The van der Waals surface area contributed by atoms with Crippen LogP contribution in [0, 0.1) is 15.7 Å². The lowest BCUT2D eigenvalue weighted by Crippen LogP contribution is -2.26. The maximum atomic E-state index is 11.0. The average molecular weight is 188 g/mol. The minimum Gasteiger partial charge on any atom is -0.458 e. The van der Waals surface area contributed by atoms with Crippen LogP contribution in [-0.4, -0.2) is 25.2 Å². The summed E-state index contributed by atoms with van der Waals surface area (Å²) in [5, 5.41) is 5.08. The van der Waals surface area contributed by atoms with Gasteiger partial charge in [0.05, 0.1) is 5.92 Å². The van der Waals surface area contributed by atoms with Crippen molar-refractivity contribution in [3.63, 3.8) is 0 Å². The second-order valence-corrected chi connectivity index (χ2v) is 2.84. The van der Waals surface area contributed by atoms with Gasteiger partial charge in [-0.1, -0.05) is 24.2 Å². The SMILES string of the molecule is CC(C)C(=O)OC(CN=O)CN=O. The van der Waals surface area contributed by atoms with Crippen molar-refractivity contribution >= 4 is 5.97 Å². The van der Waals surface area contributed by atoms with Gasteiger partial charge in [-0.15, -0.1) is 0 Å². The highest BCUT2D eigenvalue weighted by atomic mass is 16.5. The van der Waals surface area contributed by atoms with Gasteiger partial charge in [0.25, 0.3) is 0 Å². The van der Waals surface area contributed by atoms with E-state index in [2.05, 4.69) is 10.4 Å². The molecule has 0 aromatic carbocycles. The van der Waals surface area contributed by atoms with Gasteiger partial charge in [-0.25, -0.2) is 0 Å². The molecular formula is C7H12N2O4. The predicted molar refractivity (Wildman–Crippen MR) is 46.0 cm³/mol. The number of carbonyl (C=O) groups excluding carboxylic acids is 1. The quantitative estimate of drug-likeness (QED) is 0.461. The predicted octanol–water partition coefficient (Wildman–Crippen LogP) is 1.09. The summed E-state index contributed by atoms with van der Waals surface area (Å²) in [6.45, 7) is 2.85. The third-order valence-corrected chi connectivity index (χ3v) is 1.31. The number of carbonyl (C=O) groups is 1. The first-order valence-electron chi connectivity index (χ1n) is 3.90. The van der Waals surface area contributed by atoms with E-state index in [4.69, 9.17) is 4.74 Å². The van der Waals surface area contributed by atoms with Crippen LogP contribution in [0.2, 0.25) is 0 Å². The molecule has 0 unspecified atom stereocenters. The Labute approximate surface area is 75.6 Å². The van der Waals surface area contributed by atoms with Crippen LogP contribution in [0.3, 0.4) is 0 Å². The molecule has 0 atom stereocenters. The minimum absolute atomic E-state index is 0.232. The summed E-state index contributed by atoms with van der Waals surface area (Å²) in [5.41, 5.74) is 0. The van der Waals surface area contributed by atoms with Crippen molar-refractivity contribution in [2.75, 3.05) is 13.1 Å². The second-order valence-electron chi connectivity index (χ2n) is 2.84. The number of nitroso groups, excluding NO2 is 2. The largest absolute Gasteiger partial charge is 0.458 e. The summed E-state index contributed by atoms with van der Waals surface area (Å²) in [4.78, 5) is 30.7. The number of nitrogens with zero attached hydrogens (tertiary/aromatic N) is 2. The molecule has 6 nitrogen and oxygen atoms in total. The van der Waals surface area contributed by atoms with Gasteiger partial charge in [-0.2, -0.15) is 9.81 Å². The number of ether oxygens (including phenoxy) is 1. The van der Waals surface area contributed by atoms with Gasteiger partial charge >= 0.3 is 5.97 Å². The van der Waals surface area contributed by atoms with E-state index in [1.807, 2.05) is 0 Å². The van der Waals surface area contributed by atoms with Crippen LogP contribution in [0.1, 0.15) is 13.8 Å². The highest BCUT2D eigenvalue weighted by Crippen LogP contribution is 2.02. The normalized spacial score (nSPS) is 10.2. The Bertz CT molecular complexity index is 183. The van der Waals surface area contributed by atoms with Crippen LogP contribution in [0.15, 0.2) is 10.4 Å². The van der Waals surface area contributed by atoms with Crippen molar-refractivity contribution in [1.82, 2.24) is 0 Å². The minimum atomic E-state index is -0.815. The fourth-order valence-electron chi connectivity index (χ4n) is 0.599. The Hall–Kier alpha value is -1.33. The molecule has 0 bridgehead atoms. The second kappa shape index (κ2) is 6.22. The van der Waals surface area contributed by atoms with E-state index >= 15 is 0 Å². The number of hydrogen-bond donors (Lipinski definition) is 0. The van der Waals surface area contributed by atoms with Gasteiger partial charge in [-0.05, 0) is 0 Å². The van der Waals surface area contributed by atoms with Crippen molar-refractivity contribution in [3.05, 3.63) is 9.81 Å². The molecule has 0 aliphatic heterocycles. The van der Waals surface area contributed by atoms with E-state index in [-0.39, 0.29) is 19.0 Å². The molecule has 0 aliphatic rings. The molecule has 0 saturated heterocycles. The first-order chi connectivity index (χ1) is 6.11. The zero-order chi connectivity index (χ0) is 10.3. The average Bonchev–Trinajstić information content (AvgIpc) is 2.05. The summed E-state index contributed by atoms with van der Waals surface area (Å²) in [5.74, 6) is -0.752. The molecule has 0 heterocycles. The summed E-state index contributed by atoms with van der Waals surface area (Å²) < 4.78 is 4.77. The van der Waals surface area contributed by atoms with E-state index in [9.17, 15) is 14.6 Å². The number of esters is 1. The molecule has 0 aromatic rings. The molecule has 0 fully saturated rings. The van der Waals surface area contributed by atoms with Gasteiger partial charge in [0, 0.05) is 0 Å². The number of rotatable bonds is 6. The summed E-state index contributed by atoms with van der Waals surface area (Å²) in [6.07, 6.45) is -0.815. The van der Waals surface area contributed by atoms with E-state index in [1.54, 1.807) is 13.8 Å². The van der Waals surface area contributed by atoms with Crippen molar-refractivity contribution in [3.8, 4) is 0 Å². The van der Waals surface area contributed by atoms with Gasteiger partial charge in [0.2, 0.25) is 0 Å². The first-order valence-corrected chi connectivity index (χ1v) is 3.90. The lowest BCUT2D eigenvalue weighted by Gasteiger charge is -2.12. The summed E-state index contributed by atoms with van der Waals surface area (Å²) >= 11 is 0. The van der Waals surface area contributed by atoms with Gasteiger partial charge < -0.3 is 4.74 Å². The smallest absolute Gasteiger partial charge is 0.308 e. The molecule has 0 amide bonds. The Morgan fingerprint density at radius 1 is 1.23 bits per heavy atom. The fourth-order valence-corrected chi connectivity index (χ4v) is 0.599. The molecule has 6 heteroatoms. The highest BCUT2D eigenvalue weighted by Gasteiger charge is 2.17. The molecule has 0 rings (SSSR count). The summed E-state index contributed by atoms with van der Waals surface area (Å²) in [6, 6.07) is 0. The van der Waals surface area contributed by atoms with Crippen LogP contribution in [0.4, 0.5) is 0 Å². The Morgan fingerprint density at radius 3 is 2.00 bits per heavy atom. The van der Waals surface area contributed by atoms with Crippen molar-refractivity contribution in [1.29, 1.82) is 0 Å². The highest BCUT2D eigenvalue weighted by molar-refractivity contribution is 5.71. The third-order valence-electron chi connectivity index (χ3n) is 1.31. The van der Waals surface area contributed by atoms with E-state index < -0.39 is 12.1 Å². The summed E-state index contributed by atoms with van der Waals surface area (Å²) in [7, 11) is 0. The Balaban J connectivity index is 3.99. The van der Waals surface area contributed by atoms with Gasteiger partial charge in [0.1, 0.15) is 19.2 Å². The van der Waals surface area contributed by atoms with Crippen molar-refractivity contribution in [2.45, 2.75) is 20.0 Å². The maximum absolute atomic E-state index is 11.0. The molecule has 74 valence electrons. The lowest BCUT2D eigenvalue weighted by atomic mass is 10.2. The zero-order valence-electron chi connectivity index (χ0n) is 7.60. The molecule has 0 N–H and O–H groups in total. The Kier molecular flexibility index (Phi) is 5.58. The molecular weight excluding hydrogens is 176 g/mol. The van der Waals surface area contributed by atoms with E-state index in [0.717, 1.165) is 0 Å². The Morgan fingerprint density at radius 2 is 1.69 bits per heavy atom. The van der Waals surface area contributed by atoms with Crippen LogP contribution >= 0.6 is 0 Å². The van der Waals surface area contributed by atoms with Crippen LogP contribution in [0.5, 0.6) is 0 Å². The van der Waals surface area contributed by atoms with Gasteiger partial charge in [0.15, 0.2) is 0 Å². The maximum Gasteiger partial charge on any atom is 0.308 e. The van der Waals surface area contributed by atoms with Crippen LogP contribution in [-0.2, 0) is 9.53 Å². The lowest BCUT2D eigenvalue weighted by molar-refractivity contribution is -0.151. The molecule has 13 heavy (non-hydrogen) atoms. The monoisotopic (exact) mass is 188 g/mol. The van der Waals surface area contributed by atoms with Crippen LogP contribution in [0.25, 0.3) is 0 Å². The molecule has 0 saturated carbocycles. The number of hydrogen-bond acceptors (Lipinski definition) is 6. The van der Waals surface area contributed by atoms with E-state index in [1.165, 1.54) is 0 Å². The fraction of sp³-hybridized carbons (Fsp3) is 0.857. The molecule has 0 aliphatic carbocycles. The van der Waals surface area contributed by atoms with E-state index in [0.29, 0.717) is 0 Å². The molecule has 0 spiro atoms. The topological polar surface area (TPSA) is 85.2 Å². The first kappa shape index (κ1) is 11.7. The standard InChI is InChI=1S/C7H12N2O4/c1-5(2)7(10)13-6(3-8-11)4-9-12/h5-6H,3-4H2,1-2H3. The van der Waals surface area contributed by atoms with Crippen molar-refractivity contribution in [2.24, 2.45) is 16.3 Å². The zero-order valence-corrected chi connectivity index (χ0v) is 7.60. The third kappa shape index (κ3) is 5.00. The van der Waals surface area contributed by atoms with Gasteiger partial charge in [-0.3, -0.25) is 4.79 Å². The molecule has 0 aromatic heterocycles. The molecule has 0 radical (unpaired) electrons. The van der Waals surface area contributed by atoms with Crippen LogP contribution < -0.4 is 0 Å². The van der Waals surface area contributed by atoms with Crippen molar-refractivity contribution < 1.29 is 9.53 Å².